The molecule has 1 rings (SSSR count). The summed E-state index contributed by atoms with van der Waals surface area (Å²) in [5, 5.41) is 3.01. The van der Waals surface area contributed by atoms with Crippen LogP contribution in [0.1, 0.15) is 46.5 Å². The molecule has 88 valence electrons. The van der Waals surface area contributed by atoms with Gasteiger partial charge in [0.1, 0.15) is 0 Å². The molecule has 1 amide bonds. The van der Waals surface area contributed by atoms with Gasteiger partial charge in [0.2, 0.25) is 5.91 Å². The zero-order valence-corrected chi connectivity index (χ0v) is 10.2. The van der Waals surface area contributed by atoms with Crippen molar-refractivity contribution in [1.29, 1.82) is 0 Å². The average Bonchev–Trinajstić information content (AvgIpc) is 2.49. The quantitative estimate of drug-likeness (QED) is 0.747. The maximum absolute atomic E-state index is 11.7. The minimum atomic E-state index is 0.167. The second-order valence-electron chi connectivity index (χ2n) is 5.87. The lowest BCUT2D eigenvalue weighted by Gasteiger charge is -2.19. The van der Waals surface area contributed by atoms with Crippen LogP contribution in [0.5, 0.6) is 0 Å². The molecule has 0 bridgehead atoms. The molecule has 1 fully saturated rings. The Morgan fingerprint density at radius 1 is 1.40 bits per heavy atom. The van der Waals surface area contributed by atoms with Crippen LogP contribution in [0.2, 0.25) is 0 Å². The Kier molecular flexibility index (Phi) is 4.14. The molecular formula is C12H24N2O. The topological polar surface area (TPSA) is 55.1 Å². The highest BCUT2D eigenvalue weighted by molar-refractivity contribution is 5.78. The molecule has 0 unspecified atom stereocenters. The lowest BCUT2D eigenvalue weighted by molar-refractivity contribution is -0.124. The fourth-order valence-electron chi connectivity index (χ4n) is 1.96. The second-order valence-corrected chi connectivity index (χ2v) is 5.87. The lowest BCUT2D eigenvalue weighted by Crippen LogP contribution is -2.32. The van der Waals surface area contributed by atoms with Gasteiger partial charge in [-0.05, 0) is 31.1 Å². The fourth-order valence-corrected chi connectivity index (χ4v) is 1.96. The summed E-state index contributed by atoms with van der Waals surface area (Å²) < 4.78 is 0. The summed E-state index contributed by atoms with van der Waals surface area (Å²) in [6.07, 6.45) is 3.85. The third-order valence-corrected chi connectivity index (χ3v) is 3.02. The van der Waals surface area contributed by atoms with Crippen molar-refractivity contribution in [3.8, 4) is 0 Å². The van der Waals surface area contributed by atoms with Crippen LogP contribution in [0.3, 0.4) is 0 Å². The Hall–Kier alpha value is -0.570. The zero-order chi connectivity index (χ0) is 11.5. The number of amides is 1. The van der Waals surface area contributed by atoms with Crippen LogP contribution < -0.4 is 11.1 Å². The first-order valence-electron chi connectivity index (χ1n) is 5.92. The van der Waals surface area contributed by atoms with E-state index < -0.39 is 0 Å². The number of hydrogen-bond donors (Lipinski definition) is 2. The lowest BCUT2D eigenvalue weighted by atomic mass is 9.92. The third kappa shape index (κ3) is 4.65. The van der Waals surface area contributed by atoms with Crippen LogP contribution in [0.25, 0.3) is 0 Å². The summed E-state index contributed by atoms with van der Waals surface area (Å²) in [6.45, 7) is 7.34. The van der Waals surface area contributed by atoms with Crippen molar-refractivity contribution >= 4 is 5.91 Å². The molecule has 3 nitrogen and oxygen atoms in total. The molecule has 0 saturated heterocycles. The molecule has 1 saturated carbocycles. The summed E-state index contributed by atoms with van der Waals surface area (Å²) >= 11 is 0. The maximum atomic E-state index is 11.7. The molecule has 2 atom stereocenters. The number of carbonyl (C=O) groups is 1. The van der Waals surface area contributed by atoms with Crippen molar-refractivity contribution in [2.75, 3.05) is 6.54 Å². The van der Waals surface area contributed by atoms with E-state index in [1.807, 2.05) is 0 Å². The Morgan fingerprint density at radius 3 is 2.53 bits per heavy atom. The van der Waals surface area contributed by atoms with Gasteiger partial charge in [0.25, 0.3) is 0 Å². The summed E-state index contributed by atoms with van der Waals surface area (Å²) in [5.74, 6) is 0.368. The summed E-state index contributed by atoms with van der Waals surface area (Å²) in [5.41, 5.74) is 6.07. The maximum Gasteiger partial charge on any atom is 0.223 e. The van der Waals surface area contributed by atoms with E-state index in [0.717, 1.165) is 32.2 Å². The smallest absolute Gasteiger partial charge is 0.223 e. The molecule has 1 aliphatic carbocycles. The van der Waals surface area contributed by atoms with Crippen molar-refractivity contribution in [3.05, 3.63) is 0 Å². The average molecular weight is 212 g/mol. The number of nitrogens with one attached hydrogen (secondary N) is 1. The molecule has 0 heterocycles. The van der Waals surface area contributed by atoms with Gasteiger partial charge < -0.3 is 11.1 Å². The fraction of sp³-hybridized carbons (Fsp3) is 0.917. The van der Waals surface area contributed by atoms with Gasteiger partial charge in [0.05, 0.1) is 0 Å². The normalized spacial score (nSPS) is 26.7. The van der Waals surface area contributed by atoms with E-state index in [2.05, 4.69) is 26.1 Å². The molecule has 0 spiro atoms. The predicted octanol–water partition coefficient (Wildman–Crippen LogP) is 1.67. The Labute approximate surface area is 92.8 Å². The van der Waals surface area contributed by atoms with Crippen LogP contribution >= 0.6 is 0 Å². The van der Waals surface area contributed by atoms with Gasteiger partial charge in [-0.1, -0.05) is 20.8 Å². The molecule has 0 radical (unpaired) electrons. The Balaban J connectivity index is 2.19. The van der Waals surface area contributed by atoms with Gasteiger partial charge in [-0.3, -0.25) is 4.79 Å². The molecule has 1 aliphatic rings. The second kappa shape index (κ2) is 4.97. The highest BCUT2D eigenvalue weighted by atomic mass is 16.1. The number of carbonyl (C=O) groups excluding carboxylic acids is 1. The van der Waals surface area contributed by atoms with Crippen molar-refractivity contribution in [3.63, 3.8) is 0 Å². The van der Waals surface area contributed by atoms with Crippen LogP contribution in [0.4, 0.5) is 0 Å². The minimum absolute atomic E-state index is 0.167. The molecule has 3 heteroatoms. The molecule has 3 N–H and O–H groups in total. The Bertz CT molecular complexity index is 220. The van der Waals surface area contributed by atoms with E-state index in [1.54, 1.807) is 0 Å². The summed E-state index contributed by atoms with van der Waals surface area (Å²) in [4.78, 5) is 11.7. The monoisotopic (exact) mass is 212 g/mol. The van der Waals surface area contributed by atoms with Gasteiger partial charge in [0, 0.05) is 18.5 Å². The van der Waals surface area contributed by atoms with Crippen molar-refractivity contribution in [2.45, 2.75) is 52.5 Å². The van der Waals surface area contributed by atoms with E-state index >= 15 is 0 Å². The number of hydrogen-bond acceptors (Lipinski definition) is 2. The van der Waals surface area contributed by atoms with Crippen molar-refractivity contribution in [2.24, 2.45) is 17.1 Å². The van der Waals surface area contributed by atoms with E-state index in [0.29, 0.717) is 5.41 Å². The highest BCUT2D eigenvalue weighted by Gasteiger charge is 2.27. The van der Waals surface area contributed by atoms with E-state index in [9.17, 15) is 4.79 Å². The van der Waals surface area contributed by atoms with Crippen molar-refractivity contribution < 1.29 is 4.79 Å². The first-order chi connectivity index (χ1) is 6.88. The highest BCUT2D eigenvalue weighted by Crippen LogP contribution is 2.24. The molecular weight excluding hydrogens is 188 g/mol. The largest absolute Gasteiger partial charge is 0.356 e. The van der Waals surface area contributed by atoms with Gasteiger partial charge in [-0.15, -0.1) is 0 Å². The van der Waals surface area contributed by atoms with Gasteiger partial charge in [-0.2, -0.15) is 0 Å². The van der Waals surface area contributed by atoms with E-state index in [1.165, 1.54) is 0 Å². The SMILES string of the molecule is CC(C)(C)CCNC(=O)[C@@H]1CC[C@H](N)C1. The van der Waals surface area contributed by atoms with Crippen LogP contribution in [0.15, 0.2) is 0 Å². The predicted molar refractivity (Wildman–Crippen MR) is 62.4 cm³/mol. The van der Waals surface area contributed by atoms with Gasteiger partial charge in [-0.25, -0.2) is 0 Å². The van der Waals surface area contributed by atoms with Gasteiger partial charge in [0.15, 0.2) is 0 Å². The first-order valence-corrected chi connectivity index (χ1v) is 5.92. The van der Waals surface area contributed by atoms with Gasteiger partial charge >= 0.3 is 0 Å². The van der Waals surface area contributed by atoms with Crippen LogP contribution in [-0.2, 0) is 4.79 Å². The van der Waals surface area contributed by atoms with Crippen molar-refractivity contribution in [1.82, 2.24) is 5.32 Å². The molecule has 15 heavy (non-hydrogen) atoms. The zero-order valence-electron chi connectivity index (χ0n) is 10.2. The van der Waals surface area contributed by atoms with Crippen LogP contribution in [0, 0.1) is 11.3 Å². The summed E-state index contributed by atoms with van der Waals surface area (Å²) in [6, 6.07) is 0.239. The minimum Gasteiger partial charge on any atom is -0.356 e. The first kappa shape index (κ1) is 12.5. The van der Waals surface area contributed by atoms with E-state index in [-0.39, 0.29) is 17.9 Å². The number of rotatable bonds is 3. The molecule has 0 aromatic carbocycles. The standard InChI is InChI=1S/C12H24N2O/c1-12(2,3)6-7-14-11(15)9-4-5-10(13)8-9/h9-10H,4-8,13H2,1-3H3,(H,14,15)/t9-,10+/m1/s1. The van der Waals surface area contributed by atoms with Crippen LogP contribution in [-0.4, -0.2) is 18.5 Å². The Morgan fingerprint density at radius 2 is 2.07 bits per heavy atom. The third-order valence-electron chi connectivity index (χ3n) is 3.02. The molecule has 0 aromatic rings. The molecule has 0 aliphatic heterocycles. The summed E-state index contributed by atoms with van der Waals surface area (Å²) in [7, 11) is 0. The number of nitrogens with two attached hydrogens (primary N) is 1. The van der Waals surface area contributed by atoms with E-state index in [4.69, 9.17) is 5.73 Å². The molecule has 0 aromatic heterocycles.